The first-order valence-electron chi connectivity index (χ1n) is 5.08. The van der Waals surface area contributed by atoms with E-state index in [1.54, 1.807) is 0 Å². The Kier molecular flexibility index (Phi) is 4.80. The highest BCUT2D eigenvalue weighted by molar-refractivity contribution is 5.66. The topological polar surface area (TPSA) is 89.9 Å². The van der Waals surface area contributed by atoms with E-state index in [-0.39, 0.29) is 19.6 Å². The lowest BCUT2D eigenvalue weighted by atomic mass is 10.2. The molecule has 0 aliphatic carbocycles. The normalized spacial score (nSPS) is 9.65. The number of hydrogen-bond donors (Lipinski definition) is 3. The summed E-state index contributed by atoms with van der Waals surface area (Å²) >= 11 is 0. The van der Waals surface area contributed by atoms with Gasteiger partial charge in [-0.2, -0.15) is 0 Å². The molecule has 1 aromatic rings. The van der Waals surface area contributed by atoms with E-state index in [1.165, 1.54) is 0 Å². The van der Waals surface area contributed by atoms with Gasteiger partial charge in [0.15, 0.2) is 0 Å². The predicted octanol–water partition coefficient (Wildman–Crippen LogP) is 1.43. The van der Waals surface area contributed by atoms with Gasteiger partial charge in [0.25, 0.3) is 0 Å². The second-order valence-corrected chi connectivity index (χ2v) is 3.42. The third-order valence-electron chi connectivity index (χ3n) is 2.14. The molecule has 1 rings (SSSR count). The van der Waals surface area contributed by atoms with Crippen LogP contribution in [0.1, 0.15) is 5.56 Å². The third kappa shape index (κ3) is 4.87. The van der Waals surface area contributed by atoms with Gasteiger partial charge in [-0.25, -0.2) is 9.59 Å². The van der Waals surface area contributed by atoms with Crippen molar-refractivity contribution in [1.82, 2.24) is 10.2 Å². The Morgan fingerprint density at radius 3 is 2.35 bits per heavy atom. The monoisotopic (exact) mass is 238 g/mol. The average Bonchev–Trinajstić information content (AvgIpc) is 2.28. The lowest BCUT2D eigenvalue weighted by Crippen LogP contribution is -2.36. The molecule has 0 spiro atoms. The maximum Gasteiger partial charge on any atom is 0.407 e. The highest BCUT2D eigenvalue weighted by atomic mass is 16.4. The smallest absolute Gasteiger partial charge is 0.407 e. The largest absolute Gasteiger partial charge is 0.465 e. The lowest BCUT2D eigenvalue weighted by Gasteiger charge is -2.18. The summed E-state index contributed by atoms with van der Waals surface area (Å²) in [6, 6.07) is 9.14. The van der Waals surface area contributed by atoms with Crippen LogP contribution in [0.25, 0.3) is 0 Å². The SMILES string of the molecule is O=C(O)NCCN(Cc1ccccc1)C(=O)O. The first-order valence-corrected chi connectivity index (χ1v) is 5.08. The zero-order valence-corrected chi connectivity index (χ0v) is 9.17. The molecule has 2 amide bonds. The van der Waals surface area contributed by atoms with Gasteiger partial charge >= 0.3 is 12.2 Å². The van der Waals surface area contributed by atoms with Gasteiger partial charge in [0.05, 0.1) is 0 Å². The molecule has 1 aromatic carbocycles. The second kappa shape index (κ2) is 6.37. The molecule has 0 aliphatic heterocycles. The highest BCUT2D eigenvalue weighted by Crippen LogP contribution is 2.04. The van der Waals surface area contributed by atoms with Gasteiger partial charge in [-0.3, -0.25) is 0 Å². The Morgan fingerprint density at radius 1 is 1.18 bits per heavy atom. The number of amides is 2. The van der Waals surface area contributed by atoms with Crippen molar-refractivity contribution in [3.8, 4) is 0 Å². The van der Waals surface area contributed by atoms with Gasteiger partial charge in [0, 0.05) is 19.6 Å². The van der Waals surface area contributed by atoms with Gasteiger partial charge < -0.3 is 20.4 Å². The third-order valence-corrected chi connectivity index (χ3v) is 2.14. The van der Waals surface area contributed by atoms with E-state index in [9.17, 15) is 9.59 Å². The minimum Gasteiger partial charge on any atom is -0.465 e. The van der Waals surface area contributed by atoms with Crippen LogP contribution in [-0.4, -0.2) is 40.4 Å². The standard InChI is InChI=1S/C11H14N2O4/c14-10(15)12-6-7-13(11(16)17)8-9-4-2-1-3-5-9/h1-5,12H,6-8H2,(H,14,15)(H,16,17). The van der Waals surface area contributed by atoms with E-state index in [0.717, 1.165) is 10.5 Å². The minimum atomic E-state index is -1.16. The van der Waals surface area contributed by atoms with E-state index in [4.69, 9.17) is 10.2 Å². The molecule has 0 bridgehead atoms. The van der Waals surface area contributed by atoms with Crippen LogP contribution in [0.4, 0.5) is 9.59 Å². The van der Waals surface area contributed by atoms with Crippen LogP contribution in [0.3, 0.4) is 0 Å². The van der Waals surface area contributed by atoms with Crippen LogP contribution >= 0.6 is 0 Å². The maximum absolute atomic E-state index is 10.9. The fourth-order valence-corrected chi connectivity index (χ4v) is 1.34. The summed E-state index contributed by atoms with van der Waals surface area (Å²) in [7, 11) is 0. The quantitative estimate of drug-likeness (QED) is 0.723. The molecule has 0 heterocycles. The summed E-state index contributed by atoms with van der Waals surface area (Å²) in [6.07, 6.45) is -2.23. The summed E-state index contributed by atoms with van der Waals surface area (Å²) in [4.78, 5) is 22.3. The molecule has 92 valence electrons. The van der Waals surface area contributed by atoms with Gasteiger partial charge in [-0.1, -0.05) is 30.3 Å². The van der Waals surface area contributed by atoms with E-state index >= 15 is 0 Å². The second-order valence-electron chi connectivity index (χ2n) is 3.42. The summed E-state index contributed by atoms with van der Waals surface area (Å²) in [5.74, 6) is 0. The van der Waals surface area contributed by atoms with Gasteiger partial charge in [-0.05, 0) is 5.56 Å². The average molecular weight is 238 g/mol. The van der Waals surface area contributed by atoms with Gasteiger partial charge in [0.2, 0.25) is 0 Å². The van der Waals surface area contributed by atoms with Crippen molar-refractivity contribution in [2.45, 2.75) is 6.54 Å². The molecule has 0 unspecified atom stereocenters. The van der Waals surface area contributed by atoms with Crippen molar-refractivity contribution in [2.75, 3.05) is 13.1 Å². The predicted molar refractivity (Wildman–Crippen MR) is 60.9 cm³/mol. The van der Waals surface area contributed by atoms with Crippen molar-refractivity contribution in [3.63, 3.8) is 0 Å². The van der Waals surface area contributed by atoms with Crippen LogP contribution in [0.2, 0.25) is 0 Å². The van der Waals surface area contributed by atoms with Crippen LogP contribution in [-0.2, 0) is 6.54 Å². The molecule has 0 radical (unpaired) electrons. The lowest BCUT2D eigenvalue weighted by molar-refractivity contribution is 0.141. The number of carbonyl (C=O) groups is 2. The first kappa shape index (κ1) is 12.8. The molecule has 0 aromatic heterocycles. The number of carboxylic acid groups (broad SMARTS) is 2. The Balaban J connectivity index is 2.49. The number of nitrogens with one attached hydrogen (secondary N) is 1. The maximum atomic E-state index is 10.9. The number of rotatable bonds is 5. The molecule has 0 atom stereocenters. The summed E-state index contributed by atoms with van der Waals surface area (Å²) in [6.45, 7) is 0.447. The molecule has 0 aliphatic rings. The number of benzene rings is 1. The van der Waals surface area contributed by atoms with Crippen LogP contribution in [0.5, 0.6) is 0 Å². The molecule has 0 saturated heterocycles. The van der Waals surface area contributed by atoms with Crippen molar-refractivity contribution in [2.24, 2.45) is 0 Å². The number of nitrogens with zero attached hydrogens (tertiary/aromatic N) is 1. The van der Waals surface area contributed by atoms with E-state index in [0.29, 0.717) is 0 Å². The van der Waals surface area contributed by atoms with Gasteiger partial charge in [-0.15, -0.1) is 0 Å². The van der Waals surface area contributed by atoms with Crippen LogP contribution in [0, 0.1) is 0 Å². The Labute approximate surface area is 98.5 Å². The van der Waals surface area contributed by atoms with Crippen molar-refractivity contribution in [1.29, 1.82) is 0 Å². The fraction of sp³-hybridized carbons (Fsp3) is 0.273. The summed E-state index contributed by atoms with van der Waals surface area (Å²) in [5.41, 5.74) is 0.866. The van der Waals surface area contributed by atoms with Crippen LogP contribution in [0.15, 0.2) is 30.3 Å². The van der Waals surface area contributed by atoms with Gasteiger partial charge in [0.1, 0.15) is 0 Å². The molecule has 3 N–H and O–H groups in total. The summed E-state index contributed by atoms with van der Waals surface area (Å²) < 4.78 is 0. The molecule has 0 fully saturated rings. The Morgan fingerprint density at radius 2 is 1.82 bits per heavy atom. The zero-order chi connectivity index (χ0) is 12.7. The number of hydrogen-bond acceptors (Lipinski definition) is 2. The molecule has 6 nitrogen and oxygen atoms in total. The molecular weight excluding hydrogens is 224 g/mol. The minimum absolute atomic E-state index is 0.0778. The van der Waals surface area contributed by atoms with E-state index < -0.39 is 12.2 Å². The first-order chi connectivity index (χ1) is 8.09. The highest BCUT2D eigenvalue weighted by Gasteiger charge is 2.11. The molecule has 0 saturated carbocycles. The summed E-state index contributed by atoms with van der Waals surface area (Å²) in [5, 5.41) is 19.5. The van der Waals surface area contributed by atoms with Crippen molar-refractivity contribution >= 4 is 12.2 Å². The molecule has 6 heteroatoms. The molecular formula is C11H14N2O4. The van der Waals surface area contributed by atoms with Crippen LogP contribution < -0.4 is 5.32 Å². The Hall–Kier alpha value is -2.24. The van der Waals surface area contributed by atoms with E-state index in [1.807, 2.05) is 30.3 Å². The Bertz CT molecular complexity index is 380. The zero-order valence-electron chi connectivity index (χ0n) is 9.17. The van der Waals surface area contributed by atoms with E-state index in [2.05, 4.69) is 5.32 Å². The fourth-order valence-electron chi connectivity index (χ4n) is 1.34. The molecule has 17 heavy (non-hydrogen) atoms. The van der Waals surface area contributed by atoms with Crippen molar-refractivity contribution < 1.29 is 19.8 Å². The van der Waals surface area contributed by atoms with Crippen molar-refractivity contribution in [3.05, 3.63) is 35.9 Å².